The van der Waals surface area contributed by atoms with E-state index in [2.05, 4.69) is 30.6 Å². The fraction of sp³-hybridized carbons (Fsp3) is 0.333. The quantitative estimate of drug-likeness (QED) is 0.394. The molecule has 1 aliphatic rings. The predicted molar refractivity (Wildman–Crippen MR) is 124 cm³/mol. The van der Waals surface area contributed by atoms with Gasteiger partial charge in [0.1, 0.15) is 17.3 Å². The molecule has 35 heavy (non-hydrogen) atoms. The number of fused-ring (bicyclic) bond motifs is 1. The third-order valence-corrected chi connectivity index (χ3v) is 6.25. The lowest BCUT2D eigenvalue weighted by atomic mass is 9.91. The van der Waals surface area contributed by atoms with Crippen LogP contribution in [0.1, 0.15) is 41.9 Å². The molecule has 1 aromatic carbocycles. The van der Waals surface area contributed by atoms with Gasteiger partial charge in [-0.2, -0.15) is 0 Å². The third kappa shape index (κ3) is 4.58. The highest BCUT2D eigenvalue weighted by Crippen LogP contribution is 2.31. The first kappa shape index (κ1) is 22.9. The lowest BCUT2D eigenvalue weighted by Gasteiger charge is -2.30. The zero-order valence-electron chi connectivity index (χ0n) is 19.2. The van der Waals surface area contributed by atoms with Crippen LogP contribution in [0.2, 0.25) is 0 Å². The Labute approximate surface area is 199 Å². The average Bonchev–Trinajstić information content (AvgIpc) is 3.43. The molecule has 5 rings (SSSR count). The van der Waals surface area contributed by atoms with E-state index in [0.717, 1.165) is 25.3 Å². The summed E-state index contributed by atoms with van der Waals surface area (Å²) in [7, 11) is 1.79. The summed E-state index contributed by atoms with van der Waals surface area (Å²) >= 11 is 0. The SMILES string of the molecule is Cc1nc(-c2c[nH]c3c(F)cc(F)cc23)nc(NC2CCCC(NC(=O)c3cn(C)cn3)C2)c1F. The van der Waals surface area contributed by atoms with Crippen LogP contribution in [-0.2, 0) is 7.05 Å². The van der Waals surface area contributed by atoms with Gasteiger partial charge in [-0.3, -0.25) is 4.79 Å². The summed E-state index contributed by atoms with van der Waals surface area (Å²) < 4.78 is 44.6. The molecule has 2 unspecified atom stereocenters. The van der Waals surface area contributed by atoms with Crippen molar-refractivity contribution in [2.24, 2.45) is 7.05 Å². The third-order valence-electron chi connectivity index (χ3n) is 6.25. The topological polar surface area (TPSA) is 101 Å². The summed E-state index contributed by atoms with van der Waals surface area (Å²) in [6.45, 7) is 1.51. The smallest absolute Gasteiger partial charge is 0.271 e. The van der Waals surface area contributed by atoms with Gasteiger partial charge < -0.3 is 20.2 Å². The standard InChI is InChI=1S/C24H24F3N7O/c1-12-20(27)23(33-22(30-12)17-9-28-21-16(17)6-13(25)7-18(21)26)31-14-4-3-5-15(8-14)32-24(35)19-10-34(2)11-29-19/h6-7,9-11,14-15,28H,3-5,8H2,1-2H3,(H,32,35)(H,30,31,33). The number of halogens is 3. The number of aryl methyl sites for hydroxylation is 2. The summed E-state index contributed by atoms with van der Waals surface area (Å²) in [6.07, 6.45) is 7.69. The number of anilines is 1. The number of aromatic nitrogens is 5. The minimum absolute atomic E-state index is 0.0143. The van der Waals surface area contributed by atoms with Crippen LogP contribution in [0, 0.1) is 24.4 Å². The molecule has 2 atom stereocenters. The van der Waals surface area contributed by atoms with Gasteiger partial charge in [-0.05, 0) is 38.7 Å². The molecule has 0 saturated heterocycles. The van der Waals surface area contributed by atoms with E-state index < -0.39 is 17.5 Å². The fourth-order valence-electron chi connectivity index (χ4n) is 4.55. The van der Waals surface area contributed by atoms with Gasteiger partial charge in [0.2, 0.25) is 0 Å². The van der Waals surface area contributed by atoms with Crippen LogP contribution in [0.4, 0.5) is 19.0 Å². The number of carbonyl (C=O) groups is 1. The van der Waals surface area contributed by atoms with Crippen LogP contribution >= 0.6 is 0 Å². The normalized spacial score (nSPS) is 18.1. The summed E-state index contributed by atoms with van der Waals surface area (Å²) in [5.74, 6) is -2.13. The van der Waals surface area contributed by atoms with Gasteiger partial charge >= 0.3 is 0 Å². The van der Waals surface area contributed by atoms with Crippen molar-refractivity contribution in [1.29, 1.82) is 0 Å². The van der Waals surface area contributed by atoms with Crippen molar-refractivity contribution >= 4 is 22.6 Å². The van der Waals surface area contributed by atoms with Crippen LogP contribution in [0.3, 0.4) is 0 Å². The molecule has 3 heterocycles. The van der Waals surface area contributed by atoms with Crippen molar-refractivity contribution in [2.75, 3.05) is 5.32 Å². The number of nitrogens with one attached hydrogen (secondary N) is 3. The molecule has 182 valence electrons. The molecule has 1 fully saturated rings. The van der Waals surface area contributed by atoms with E-state index in [-0.39, 0.29) is 46.2 Å². The minimum atomic E-state index is -0.732. The van der Waals surface area contributed by atoms with E-state index in [1.165, 1.54) is 19.2 Å². The van der Waals surface area contributed by atoms with E-state index in [1.54, 1.807) is 24.1 Å². The van der Waals surface area contributed by atoms with Gasteiger partial charge in [-0.15, -0.1) is 0 Å². The molecule has 1 saturated carbocycles. The summed E-state index contributed by atoms with van der Waals surface area (Å²) in [5.41, 5.74) is 0.949. The van der Waals surface area contributed by atoms with Crippen LogP contribution in [0.5, 0.6) is 0 Å². The number of benzene rings is 1. The molecule has 0 spiro atoms. The highest BCUT2D eigenvalue weighted by Gasteiger charge is 2.26. The second kappa shape index (κ2) is 9.05. The minimum Gasteiger partial charge on any atom is -0.365 e. The Morgan fingerprint density at radius 2 is 1.97 bits per heavy atom. The molecule has 4 aromatic rings. The molecule has 1 amide bonds. The van der Waals surface area contributed by atoms with E-state index in [0.29, 0.717) is 17.7 Å². The van der Waals surface area contributed by atoms with Gasteiger partial charge in [-0.1, -0.05) is 0 Å². The van der Waals surface area contributed by atoms with Crippen molar-refractivity contribution in [3.05, 3.63) is 59.7 Å². The Kier molecular flexibility index (Phi) is 5.91. The van der Waals surface area contributed by atoms with Gasteiger partial charge in [0.05, 0.1) is 17.5 Å². The first-order valence-corrected chi connectivity index (χ1v) is 11.3. The Morgan fingerprint density at radius 3 is 2.74 bits per heavy atom. The summed E-state index contributed by atoms with van der Waals surface area (Å²) in [4.78, 5) is 27.9. The maximum Gasteiger partial charge on any atom is 0.271 e. The molecular weight excluding hydrogens is 459 g/mol. The molecule has 1 aliphatic carbocycles. The van der Waals surface area contributed by atoms with Gasteiger partial charge in [0.25, 0.3) is 5.91 Å². The van der Waals surface area contributed by atoms with Crippen molar-refractivity contribution in [3.8, 4) is 11.4 Å². The van der Waals surface area contributed by atoms with E-state index in [1.807, 2.05) is 0 Å². The maximum absolute atomic E-state index is 15.0. The van der Waals surface area contributed by atoms with Crippen LogP contribution in [0.15, 0.2) is 30.9 Å². The predicted octanol–water partition coefficient (Wildman–Crippen LogP) is 4.24. The molecule has 0 bridgehead atoms. The number of nitrogens with zero attached hydrogens (tertiary/aromatic N) is 4. The maximum atomic E-state index is 15.0. The lowest BCUT2D eigenvalue weighted by molar-refractivity contribution is 0.0921. The Hall–Kier alpha value is -3.89. The van der Waals surface area contributed by atoms with E-state index >= 15 is 0 Å². The largest absolute Gasteiger partial charge is 0.365 e. The molecule has 8 nitrogen and oxygen atoms in total. The number of H-pyrrole nitrogens is 1. The van der Waals surface area contributed by atoms with Crippen molar-refractivity contribution in [1.82, 2.24) is 29.8 Å². The van der Waals surface area contributed by atoms with Gasteiger partial charge in [-0.25, -0.2) is 28.1 Å². The Morgan fingerprint density at radius 1 is 1.17 bits per heavy atom. The highest BCUT2D eigenvalue weighted by atomic mass is 19.1. The van der Waals surface area contributed by atoms with Crippen LogP contribution in [-0.4, -0.2) is 42.5 Å². The molecule has 0 radical (unpaired) electrons. The second-order valence-corrected chi connectivity index (χ2v) is 8.91. The first-order valence-electron chi connectivity index (χ1n) is 11.3. The monoisotopic (exact) mass is 483 g/mol. The zero-order chi connectivity index (χ0) is 24.7. The number of hydrogen-bond donors (Lipinski definition) is 3. The fourth-order valence-corrected chi connectivity index (χ4v) is 4.55. The molecule has 0 aliphatic heterocycles. The van der Waals surface area contributed by atoms with Gasteiger partial charge in [0, 0.05) is 48.5 Å². The number of hydrogen-bond acceptors (Lipinski definition) is 5. The number of rotatable bonds is 5. The molecular formula is C24H24F3N7O. The van der Waals surface area contributed by atoms with Crippen molar-refractivity contribution in [2.45, 2.75) is 44.7 Å². The summed E-state index contributed by atoms with van der Waals surface area (Å²) in [6, 6.07) is 1.75. The molecule has 3 N–H and O–H groups in total. The number of carbonyl (C=O) groups excluding carboxylic acids is 1. The Bertz CT molecular complexity index is 1410. The summed E-state index contributed by atoms with van der Waals surface area (Å²) in [5, 5.41) is 6.43. The van der Waals surface area contributed by atoms with E-state index in [4.69, 9.17) is 0 Å². The highest BCUT2D eigenvalue weighted by molar-refractivity contribution is 5.94. The number of amides is 1. The van der Waals surface area contributed by atoms with Crippen molar-refractivity contribution in [3.63, 3.8) is 0 Å². The second-order valence-electron chi connectivity index (χ2n) is 8.91. The number of imidazole rings is 1. The first-order chi connectivity index (χ1) is 16.8. The van der Waals surface area contributed by atoms with Crippen molar-refractivity contribution < 1.29 is 18.0 Å². The van der Waals surface area contributed by atoms with E-state index in [9.17, 15) is 18.0 Å². The lowest BCUT2D eigenvalue weighted by Crippen LogP contribution is -2.42. The molecule has 11 heteroatoms. The molecule has 3 aromatic heterocycles. The van der Waals surface area contributed by atoms with Gasteiger partial charge in [0.15, 0.2) is 17.5 Å². The van der Waals surface area contributed by atoms with Crippen LogP contribution in [0.25, 0.3) is 22.3 Å². The van der Waals surface area contributed by atoms with Crippen LogP contribution < -0.4 is 10.6 Å². The Balaban J connectivity index is 1.36. The zero-order valence-corrected chi connectivity index (χ0v) is 19.2. The number of aromatic amines is 1. The average molecular weight is 483 g/mol.